The molecular weight excluding hydrogens is 232 g/mol. The van der Waals surface area contributed by atoms with Crippen molar-refractivity contribution >= 4 is 12.0 Å². The predicted octanol–water partition coefficient (Wildman–Crippen LogP) is 1.54. The number of carbonyl (C=O) groups excluding carboxylic acids is 1. The molecule has 2 amide bonds. The average molecular weight is 254 g/mol. The highest BCUT2D eigenvalue weighted by molar-refractivity contribution is 5.80. The van der Waals surface area contributed by atoms with Gasteiger partial charge in [0, 0.05) is 19.1 Å². The van der Waals surface area contributed by atoms with Crippen LogP contribution in [-0.2, 0) is 4.79 Å². The van der Waals surface area contributed by atoms with Gasteiger partial charge in [0.1, 0.15) is 0 Å². The van der Waals surface area contributed by atoms with E-state index in [9.17, 15) is 14.7 Å². The van der Waals surface area contributed by atoms with Crippen LogP contribution in [0.4, 0.5) is 4.79 Å². The molecule has 2 rings (SSSR count). The molecule has 18 heavy (non-hydrogen) atoms. The van der Waals surface area contributed by atoms with Gasteiger partial charge in [0.25, 0.3) is 0 Å². The van der Waals surface area contributed by atoms with Crippen molar-refractivity contribution in [3.8, 4) is 0 Å². The first-order chi connectivity index (χ1) is 8.36. The zero-order valence-electron chi connectivity index (χ0n) is 11.3. The normalized spacial score (nSPS) is 34.8. The highest BCUT2D eigenvalue weighted by atomic mass is 16.4. The Kier molecular flexibility index (Phi) is 3.25. The summed E-state index contributed by atoms with van der Waals surface area (Å²) >= 11 is 0. The van der Waals surface area contributed by atoms with E-state index in [4.69, 9.17) is 0 Å². The molecule has 0 radical (unpaired) electrons. The molecule has 1 aliphatic heterocycles. The molecule has 1 saturated carbocycles. The number of carbonyl (C=O) groups is 2. The number of urea groups is 1. The number of carboxylic acid groups (broad SMARTS) is 1. The first kappa shape index (κ1) is 13.2. The Balaban J connectivity index is 1.98. The first-order valence-electron chi connectivity index (χ1n) is 6.65. The Morgan fingerprint density at radius 2 is 2.06 bits per heavy atom. The molecule has 0 aromatic rings. The molecule has 0 spiro atoms. The molecule has 5 heteroatoms. The third-order valence-corrected chi connectivity index (χ3v) is 4.54. The Labute approximate surface area is 108 Å². The number of hydrogen-bond acceptors (Lipinski definition) is 2. The fourth-order valence-electron chi connectivity index (χ4n) is 2.67. The second-order valence-electron chi connectivity index (χ2n) is 6.06. The highest BCUT2D eigenvalue weighted by Gasteiger charge is 2.49. The van der Waals surface area contributed by atoms with Crippen molar-refractivity contribution in [2.45, 2.75) is 39.7 Å². The van der Waals surface area contributed by atoms with Gasteiger partial charge in [-0.1, -0.05) is 20.8 Å². The molecule has 102 valence electrons. The van der Waals surface area contributed by atoms with Gasteiger partial charge in [0.05, 0.1) is 5.41 Å². The number of nitrogens with zero attached hydrogens (tertiary/aromatic N) is 1. The summed E-state index contributed by atoms with van der Waals surface area (Å²) in [5, 5.41) is 12.4. The van der Waals surface area contributed by atoms with Crippen LogP contribution in [0.25, 0.3) is 0 Å². The van der Waals surface area contributed by atoms with E-state index < -0.39 is 11.4 Å². The monoisotopic (exact) mass is 254 g/mol. The highest BCUT2D eigenvalue weighted by Crippen LogP contribution is 2.38. The molecule has 1 aliphatic carbocycles. The Hall–Kier alpha value is -1.26. The van der Waals surface area contributed by atoms with E-state index in [1.54, 1.807) is 4.90 Å². The summed E-state index contributed by atoms with van der Waals surface area (Å²) in [6.45, 7) is 6.80. The summed E-state index contributed by atoms with van der Waals surface area (Å²) in [5.41, 5.74) is -0.771. The van der Waals surface area contributed by atoms with Crippen LogP contribution in [0.15, 0.2) is 0 Å². The van der Waals surface area contributed by atoms with Crippen LogP contribution in [0.3, 0.4) is 0 Å². The third kappa shape index (κ3) is 2.18. The lowest BCUT2D eigenvalue weighted by molar-refractivity contribution is -0.150. The Morgan fingerprint density at radius 3 is 2.44 bits per heavy atom. The minimum Gasteiger partial charge on any atom is -0.481 e. The molecule has 1 heterocycles. The van der Waals surface area contributed by atoms with Crippen LogP contribution in [0.2, 0.25) is 0 Å². The molecule has 0 aromatic heterocycles. The maximum Gasteiger partial charge on any atom is 0.317 e. The summed E-state index contributed by atoms with van der Waals surface area (Å²) in [5.74, 6) is -0.189. The van der Waals surface area contributed by atoms with Gasteiger partial charge in [-0.2, -0.15) is 0 Å². The van der Waals surface area contributed by atoms with Crippen molar-refractivity contribution in [1.82, 2.24) is 10.2 Å². The number of nitrogens with one attached hydrogen (secondary N) is 1. The summed E-state index contributed by atoms with van der Waals surface area (Å²) in [7, 11) is 0. The van der Waals surface area contributed by atoms with Crippen LogP contribution in [0, 0.1) is 17.3 Å². The van der Waals surface area contributed by atoms with Gasteiger partial charge in [-0.3, -0.25) is 4.79 Å². The smallest absolute Gasteiger partial charge is 0.317 e. The molecule has 0 aromatic carbocycles. The van der Waals surface area contributed by atoms with Crippen molar-refractivity contribution in [3.63, 3.8) is 0 Å². The number of carboxylic acids is 1. The van der Waals surface area contributed by atoms with E-state index >= 15 is 0 Å². The second kappa shape index (κ2) is 4.44. The number of hydrogen-bond donors (Lipinski definition) is 2. The summed E-state index contributed by atoms with van der Waals surface area (Å²) in [6.07, 6.45) is 1.58. The third-order valence-electron chi connectivity index (χ3n) is 4.54. The zero-order chi connectivity index (χ0) is 13.5. The van der Waals surface area contributed by atoms with Gasteiger partial charge in [-0.05, 0) is 24.7 Å². The van der Waals surface area contributed by atoms with Gasteiger partial charge in [0.15, 0.2) is 0 Å². The summed E-state index contributed by atoms with van der Waals surface area (Å²) in [6, 6.07) is 0.185. The standard InChI is InChI=1S/C13H22N2O3/c1-8(2)13(11(16)17)4-5-15(7-13)12(18)14-10-6-9(10)3/h8-10H,4-7H2,1-3H3,(H,14,18)(H,16,17). The first-order valence-corrected chi connectivity index (χ1v) is 6.65. The fraction of sp³-hybridized carbons (Fsp3) is 0.846. The summed E-state index contributed by atoms with van der Waals surface area (Å²) < 4.78 is 0. The largest absolute Gasteiger partial charge is 0.481 e. The van der Waals surface area contributed by atoms with Gasteiger partial charge in [-0.15, -0.1) is 0 Å². The zero-order valence-corrected chi connectivity index (χ0v) is 11.3. The minimum absolute atomic E-state index is 0.0349. The molecule has 2 N–H and O–H groups in total. The van der Waals surface area contributed by atoms with E-state index in [0.29, 0.717) is 25.4 Å². The maximum absolute atomic E-state index is 12.0. The second-order valence-corrected chi connectivity index (χ2v) is 6.06. The van der Waals surface area contributed by atoms with E-state index in [1.165, 1.54) is 0 Å². The fourth-order valence-corrected chi connectivity index (χ4v) is 2.67. The maximum atomic E-state index is 12.0. The molecular formula is C13H22N2O3. The van der Waals surface area contributed by atoms with Gasteiger partial charge in [-0.25, -0.2) is 4.79 Å². The van der Waals surface area contributed by atoms with Crippen molar-refractivity contribution in [2.75, 3.05) is 13.1 Å². The number of likely N-dealkylation sites (tertiary alicyclic amines) is 1. The average Bonchev–Trinajstić information content (AvgIpc) is 2.83. The van der Waals surface area contributed by atoms with Gasteiger partial charge >= 0.3 is 12.0 Å². The van der Waals surface area contributed by atoms with Crippen LogP contribution in [0.1, 0.15) is 33.6 Å². The predicted molar refractivity (Wildman–Crippen MR) is 67.2 cm³/mol. The number of rotatable bonds is 3. The summed E-state index contributed by atoms with van der Waals surface area (Å²) in [4.78, 5) is 25.1. The lowest BCUT2D eigenvalue weighted by atomic mass is 9.76. The van der Waals surface area contributed by atoms with E-state index in [2.05, 4.69) is 12.2 Å². The lowest BCUT2D eigenvalue weighted by Crippen LogP contribution is -2.44. The van der Waals surface area contributed by atoms with E-state index in [-0.39, 0.29) is 18.0 Å². The van der Waals surface area contributed by atoms with Crippen molar-refractivity contribution < 1.29 is 14.7 Å². The van der Waals surface area contributed by atoms with E-state index in [1.807, 2.05) is 13.8 Å². The topological polar surface area (TPSA) is 69.6 Å². The van der Waals surface area contributed by atoms with Gasteiger partial charge < -0.3 is 15.3 Å². The van der Waals surface area contributed by atoms with Crippen LogP contribution in [0.5, 0.6) is 0 Å². The Bertz CT molecular complexity index is 369. The van der Waals surface area contributed by atoms with Crippen molar-refractivity contribution in [1.29, 1.82) is 0 Å². The quantitative estimate of drug-likeness (QED) is 0.802. The number of amides is 2. The molecule has 2 aliphatic rings. The molecule has 2 fully saturated rings. The van der Waals surface area contributed by atoms with Crippen LogP contribution >= 0.6 is 0 Å². The molecule has 3 atom stereocenters. The van der Waals surface area contributed by atoms with E-state index in [0.717, 1.165) is 6.42 Å². The molecule has 5 nitrogen and oxygen atoms in total. The molecule has 3 unspecified atom stereocenters. The van der Waals surface area contributed by atoms with Gasteiger partial charge in [0.2, 0.25) is 0 Å². The van der Waals surface area contributed by atoms with Crippen LogP contribution in [-0.4, -0.2) is 41.1 Å². The minimum atomic E-state index is -0.785. The van der Waals surface area contributed by atoms with Crippen molar-refractivity contribution in [2.24, 2.45) is 17.3 Å². The van der Waals surface area contributed by atoms with Crippen molar-refractivity contribution in [3.05, 3.63) is 0 Å². The molecule has 1 saturated heterocycles. The SMILES string of the molecule is CC1CC1NC(=O)N1CCC(C(=O)O)(C(C)C)C1. The Morgan fingerprint density at radius 1 is 1.44 bits per heavy atom. The lowest BCUT2D eigenvalue weighted by Gasteiger charge is -2.28. The van der Waals surface area contributed by atoms with Crippen LogP contribution < -0.4 is 5.32 Å². The molecule has 0 bridgehead atoms. The number of aliphatic carboxylic acids is 1.